The molecule has 3 heterocycles. The molecule has 0 amide bonds. The molecule has 2 aromatic rings. The SMILES string of the molecule is CCOC(=O)[C@@H]1CC2(CCN(c3cc(O[C@H](c4cc(Cl)ccc4Br)C(F)(F)F)nc(N)n3)CC2)CN1. The molecule has 0 aliphatic carbocycles. The number of halogens is 5. The lowest BCUT2D eigenvalue weighted by Crippen LogP contribution is -2.41. The highest BCUT2D eigenvalue weighted by Gasteiger charge is 2.46. The van der Waals surface area contributed by atoms with Crippen LogP contribution in [0.25, 0.3) is 0 Å². The molecule has 2 aliphatic rings. The highest BCUT2D eigenvalue weighted by Crippen LogP contribution is 2.42. The molecule has 0 saturated carbocycles. The summed E-state index contributed by atoms with van der Waals surface area (Å²) < 4.78 is 52.5. The minimum Gasteiger partial charge on any atom is -0.465 e. The van der Waals surface area contributed by atoms with Gasteiger partial charge in [0.25, 0.3) is 0 Å². The molecule has 8 nitrogen and oxygen atoms in total. The van der Waals surface area contributed by atoms with Gasteiger partial charge in [0, 0.05) is 40.8 Å². The molecular weight excluding hydrogens is 567 g/mol. The number of piperidine rings is 1. The third kappa shape index (κ3) is 5.97. The first kappa shape index (κ1) is 26.7. The van der Waals surface area contributed by atoms with E-state index in [1.807, 2.05) is 4.90 Å². The van der Waals surface area contributed by atoms with E-state index < -0.39 is 12.3 Å². The fourth-order valence-corrected chi connectivity index (χ4v) is 5.35. The Hall–Kier alpha value is -2.31. The molecule has 0 bridgehead atoms. The van der Waals surface area contributed by atoms with Crippen LogP contribution in [0.3, 0.4) is 0 Å². The molecule has 2 fully saturated rings. The van der Waals surface area contributed by atoms with Crippen LogP contribution >= 0.6 is 27.5 Å². The van der Waals surface area contributed by atoms with Crippen LogP contribution in [0.1, 0.15) is 37.9 Å². The average molecular weight is 593 g/mol. The fourth-order valence-electron chi connectivity index (χ4n) is 4.71. The number of ether oxygens (including phenoxy) is 2. The minimum absolute atomic E-state index is 0.0495. The van der Waals surface area contributed by atoms with Crippen LogP contribution in [0.4, 0.5) is 24.9 Å². The van der Waals surface area contributed by atoms with Gasteiger partial charge in [0.15, 0.2) is 0 Å². The van der Waals surface area contributed by atoms with Crippen molar-refractivity contribution in [2.24, 2.45) is 5.41 Å². The van der Waals surface area contributed by atoms with Crippen molar-refractivity contribution in [3.05, 3.63) is 39.3 Å². The molecule has 1 aromatic carbocycles. The van der Waals surface area contributed by atoms with Gasteiger partial charge in [-0.1, -0.05) is 27.5 Å². The van der Waals surface area contributed by atoms with Crippen molar-refractivity contribution < 1.29 is 27.4 Å². The lowest BCUT2D eigenvalue weighted by atomic mass is 9.76. The molecule has 36 heavy (non-hydrogen) atoms. The van der Waals surface area contributed by atoms with Crippen LogP contribution in [0.5, 0.6) is 5.88 Å². The average Bonchev–Trinajstić information content (AvgIpc) is 3.22. The zero-order chi connectivity index (χ0) is 26.1. The molecule has 2 atom stereocenters. The van der Waals surface area contributed by atoms with Gasteiger partial charge < -0.3 is 25.4 Å². The van der Waals surface area contributed by atoms with Crippen LogP contribution in [-0.2, 0) is 9.53 Å². The van der Waals surface area contributed by atoms with Crippen molar-refractivity contribution in [2.75, 3.05) is 36.9 Å². The van der Waals surface area contributed by atoms with E-state index in [0.717, 1.165) is 12.8 Å². The zero-order valence-electron chi connectivity index (χ0n) is 19.4. The molecule has 196 valence electrons. The molecule has 0 radical (unpaired) electrons. The normalized spacial score (nSPS) is 20.4. The van der Waals surface area contributed by atoms with Gasteiger partial charge in [0.2, 0.25) is 17.9 Å². The third-order valence-electron chi connectivity index (χ3n) is 6.56. The maximum atomic E-state index is 14.0. The Kier molecular flexibility index (Phi) is 7.86. The van der Waals surface area contributed by atoms with E-state index in [4.69, 9.17) is 26.8 Å². The predicted molar refractivity (Wildman–Crippen MR) is 132 cm³/mol. The number of nitrogens with zero attached hydrogens (tertiary/aromatic N) is 3. The number of anilines is 2. The number of nitrogens with two attached hydrogens (primary N) is 1. The van der Waals surface area contributed by atoms with E-state index in [-0.39, 0.29) is 44.3 Å². The number of nitrogen functional groups attached to an aromatic ring is 1. The van der Waals surface area contributed by atoms with E-state index in [1.165, 1.54) is 24.3 Å². The first-order valence-electron chi connectivity index (χ1n) is 11.5. The van der Waals surface area contributed by atoms with Crippen LogP contribution in [-0.4, -0.2) is 54.4 Å². The molecule has 13 heteroatoms. The summed E-state index contributed by atoms with van der Waals surface area (Å²) in [6.45, 7) is 4.00. The maximum Gasteiger partial charge on any atom is 0.429 e. The number of aromatic nitrogens is 2. The second kappa shape index (κ2) is 10.6. The molecule has 1 aromatic heterocycles. The van der Waals surface area contributed by atoms with Crippen molar-refractivity contribution in [3.63, 3.8) is 0 Å². The van der Waals surface area contributed by atoms with E-state index in [9.17, 15) is 18.0 Å². The smallest absolute Gasteiger partial charge is 0.429 e. The van der Waals surface area contributed by atoms with E-state index in [0.29, 0.717) is 38.5 Å². The molecule has 2 aliphatic heterocycles. The Labute approximate surface area is 219 Å². The van der Waals surface area contributed by atoms with Crippen molar-refractivity contribution in [2.45, 2.75) is 44.5 Å². The number of carbonyl (C=O) groups excluding carboxylic acids is 1. The molecule has 4 rings (SSSR count). The molecule has 3 N–H and O–H groups in total. The third-order valence-corrected chi connectivity index (χ3v) is 7.52. The number of rotatable bonds is 6. The maximum absolute atomic E-state index is 14.0. The Morgan fingerprint density at radius 3 is 2.72 bits per heavy atom. The fraction of sp³-hybridized carbons (Fsp3) is 0.522. The number of hydrogen-bond donors (Lipinski definition) is 2. The van der Waals surface area contributed by atoms with Gasteiger partial charge in [-0.25, -0.2) is 0 Å². The predicted octanol–water partition coefficient (Wildman–Crippen LogP) is 4.67. The Morgan fingerprint density at radius 1 is 1.33 bits per heavy atom. The highest BCUT2D eigenvalue weighted by molar-refractivity contribution is 9.10. The minimum atomic E-state index is -4.74. The van der Waals surface area contributed by atoms with Crippen LogP contribution < -0.4 is 20.7 Å². The summed E-state index contributed by atoms with van der Waals surface area (Å²) in [6, 6.07) is 5.13. The van der Waals surface area contributed by atoms with Gasteiger partial charge in [-0.2, -0.15) is 23.1 Å². The summed E-state index contributed by atoms with van der Waals surface area (Å²) in [5.41, 5.74) is 5.61. The summed E-state index contributed by atoms with van der Waals surface area (Å²) in [5.74, 6) is -0.352. The van der Waals surface area contributed by atoms with Gasteiger partial charge in [0.05, 0.1) is 6.61 Å². The first-order valence-corrected chi connectivity index (χ1v) is 12.6. The lowest BCUT2D eigenvalue weighted by molar-refractivity contribution is -0.198. The zero-order valence-corrected chi connectivity index (χ0v) is 21.8. The van der Waals surface area contributed by atoms with Crippen molar-refractivity contribution in [3.8, 4) is 5.88 Å². The van der Waals surface area contributed by atoms with Crippen molar-refractivity contribution in [1.29, 1.82) is 0 Å². The summed E-state index contributed by atoms with van der Waals surface area (Å²) in [5, 5.41) is 3.40. The molecular formula is C23H26BrClF3N5O3. The Morgan fingerprint density at radius 2 is 2.06 bits per heavy atom. The lowest BCUT2D eigenvalue weighted by Gasteiger charge is -2.39. The quantitative estimate of drug-likeness (QED) is 0.467. The van der Waals surface area contributed by atoms with E-state index in [1.54, 1.807) is 6.92 Å². The Bertz CT molecular complexity index is 1110. The monoisotopic (exact) mass is 591 g/mol. The first-order chi connectivity index (χ1) is 17.0. The van der Waals surface area contributed by atoms with Crippen LogP contribution in [0.2, 0.25) is 5.02 Å². The second-order valence-electron chi connectivity index (χ2n) is 9.00. The molecule has 0 unspecified atom stereocenters. The summed E-state index contributed by atoms with van der Waals surface area (Å²) in [6.07, 6.45) is -4.83. The van der Waals surface area contributed by atoms with E-state index in [2.05, 4.69) is 31.2 Å². The number of carbonyl (C=O) groups is 1. The van der Waals surface area contributed by atoms with Gasteiger partial charge in [-0.05, 0) is 49.8 Å². The summed E-state index contributed by atoms with van der Waals surface area (Å²) in [4.78, 5) is 22.1. The number of alkyl halides is 3. The van der Waals surface area contributed by atoms with Gasteiger partial charge >= 0.3 is 12.1 Å². The number of nitrogens with one attached hydrogen (secondary N) is 1. The highest BCUT2D eigenvalue weighted by atomic mass is 79.9. The number of hydrogen-bond acceptors (Lipinski definition) is 8. The van der Waals surface area contributed by atoms with Crippen LogP contribution in [0, 0.1) is 5.41 Å². The van der Waals surface area contributed by atoms with E-state index >= 15 is 0 Å². The van der Waals surface area contributed by atoms with Crippen LogP contribution in [0.15, 0.2) is 28.7 Å². The number of benzene rings is 1. The van der Waals surface area contributed by atoms with Gasteiger partial charge in [-0.3, -0.25) is 4.79 Å². The summed E-state index contributed by atoms with van der Waals surface area (Å²) in [7, 11) is 0. The van der Waals surface area contributed by atoms with Crippen molar-refractivity contribution >= 4 is 45.3 Å². The standard InChI is InChI=1S/C23H26BrClF3N5O3/c1-2-35-20(34)16-11-22(12-30-16)5-7-33(8-6-22)17-10-18(32-21(29)31-17)36-19(23(26,27)28)14-9-13(25)3-4-15(14)24/h3-4,9-10,16,19,30H,2,5-8,11-12H2,1H3,(H2,29,31,32)/t16-,19+/m0/s1. The largest absolute Gasteiger partial charge is 0.465 e. The second-order valence-corrected chi connectivity index (χ2v) is 10.3. The van der Waals surface area contributed by atoms with Gasteiger partial charge in [-0.15, -0.1) is 0 Å². The molecule has 2 saturated heterocycles. The Balaban J connectivity index is 1.49. The number of esters is 1. The summed E-state index contributed by atoms with van der Waals surface area (Å²) >= 11 is 9.07. The topological polar surface area (TPSA) is 103 Å². The molecule has 1 spiro atoms. The van der Waals surface area contributed by atoms with Gasteiger partial charge in [0.1, 0.15) is 11.9 Å². The van der Waals surface area contributed by atoms with Crippen molar-refractivity contribution in [1.82, 2.24) is 15.3 Å².